The number of carbonyl (C=O) groups is 1. The van der Waals surface area contributed by atoms with Crippen molar-refractivity contribution in [2.24, 2.45) is 0 Å². The van der Waals surface area contributed by atoms with Crippen molar-refractivity contribution in [1.29, 1.82) is 0 Å². The van der Waals surface area contributed by atoms with Gasteiger partial charge in [-0.3, -0.25) is 4.90 Å². The Kier molecular flexibility index (Phi) is 5.80. The number of morpholine rings is 1. The molecule has 1 amide bonds. The number of amides is 1. The third kappa shape index (κ3) is 4.51. The van der Waals surface area contributed by atoms with Crippen LogP contribution in [0.3, 0.4) is 0 Å². The van der Waals surface area contributed by atoms with Gasteiger partial charge in [0.2, 0.25) is 5.88 Å². The van der Waals surface area contributed by atoms with E-state index in [1.165, 1.54) is 18.5 Å². The van der Waals surface area contributed by atoms with Gasteiger partial charge in [-0.05, 0) is 38.0 Å². The minimum absolute atomic E-state index is 0.0127. The van der Waals surface area contributed by atoms with Crippen molar-refractivity contribution in [2.75, 3.05) is 24.8 Å². The first-order chi connectivity index (χ1) is 16.2. The largest absolute Gasteiger partial charge is 0.472 e. The van der Waals surface area contributed by atoms with Gasteiger partial charge >= 0.3 is 6.09 Å². The van der Waals surface area contributed by atoms with Crippen molar-refractivity contribution in [3.8, 4) is 5.88 Å². The Morgan fingerprint density at radius 3 is 2.76 bits per heavy atom. The Bertz CT molecular complexity index is 1220. The van der Waals surface area contributed by atoms with Crippen molar-refractivity contribution in [3.05, 3.63) is 35.9 Å². The lowest BCUT2D eigenvalue weighted by Crippen LogP contribution is -2.52. The number of sulfone groups is 1. The van der Waals surface area contributed by atoms with Gasteiger partial charge in [-0.2, -0.15) is 0 Å². The molecule has 182 valence electrons. The SMILES string of the molecule is Cc1c(Nc2ccc(S(C)(=O)=O)cc2F)ncnc1OC1CC2COCC1N2C(=O)OC1CC1. The molecule has 3 aliphatic rings. The zero-order chi connectivity index (χ0) is 24.0. The van der Waals surface area contributed by atoms with E-state index >= 15 is 0 Å². The average molecular weight is 493 g/mol. The summed E-state index contributed by atoms with van der Waals surface area (Å²) in [6.45, 7) is 2.50. The quantitative estimate of drug-likeness (QED) is 0.649. The highest BCUT2D eigenvalue weighted by Gasteiger charge is 2.50. The number of rotatable bonds is 6. The van der Waals surface area contributed by atoms with E-state index in [0.717, 1.165) is 25.2 Å². The number of nitrogens with one attached hydrogen (secondary N) is 1. The van der Waals surface area contributed by atoms with Crippen molar-refractivity contribution in [2.45, 2.75) is 55.4 Å². The first-order valence-electron chi connectivity index (χ1n) is 11.0. The minimum atomic E-state index is -3.53. The summed E-state index contributed by atoms with van der Waals surface area (Å²) < 4.78 is 55.2. The molecule has 1 aromatic heterocycles. The fraction of sp³-hybridized carbons (Fsp3) is 0.500. The molecule has 12 heteroatoms. The van der Waals surface area contributed by atoms with E-state index in [0.29, 0.717) is 36.9 Å². The summed E-state index contributed by atoms with van der Waals surface area (Å²) in [5.41, 5.74) is 0.614. The van der Waals surface area contributed by atoms with Crippen LogP contribution < -0.4 is 10.1 Å². The predicted molar refractivity (Wildman–Crippen MR) is 118 cm³/mol. The maximum atomic E-state index is 14.5. The molecule has 1 saturated carbocycles. The summed E-state index contributed by atoms with van der Waals surface area (Å²) in [4.78, 5) is 22.7. The van der Waals surface area contributed by atoms with Gasteiger partial charge < -0.3 is 19.5 Å². The molecule has 2 aromatic rings. The van der Waals surface area contributed by atoms with Gasteiger partial charge in [0.1, 0.15) is 30.2 Å². The second kappa shape index (κ2) is 8.66. The van der Waals surface area contributed by atoms with Crippen LogP contribution in [0.15, 0.2) is 29.4 Å². The van der Waals surface area contributed by atoms with E-state index in [-0.39, 0.29) is 41.0 Å². The molecule has 3 heterocycles. The van der Waals surface area contributed by atoms with Crippen molar-refractivity contribution < 1.29 is 31.8 Å². The molecular weight excluding hydrogens is 467 g/mol. The number of benzene rings is 1. The van der Waals surface area contributed by atoms with Crippen LogP contribution in [-0.2, 0) is 19.3 Å². The number of hydrogen-bond acceptors (Lipinski definition) is 9. The molecule has 5 rings (SSSR count). The number of halogens is 1. The Labute approximate surface area is 196 Å². The number of fused-ring (bicyclic) bond motifs is 2. The van der Waals surface area contributed by atoms with Crippen LogP contribution in [0, 0.1) is 12.7 Å². The van der Waals surface area contributed by atoms with Gasteiger partial charge in [0.25, 0.3) is 0 Å². The summed E-state index contributed by atoms with van der Waals surface area (Å²) in [5, 5.41) is 2.88. The van der Waals surface area contributed by atoms with Crippen LogP contribution in [-0.4, -0.2) is 73.1 Å². The van der Waals surface area contributed by atoms with Crippen LogP contribution in [0.5, 0.6) is 5.88 Å². The van der Waals surface area contributed by atoms with Gasteiger partial charge in [-0.25, -0.2) is 27.6 Å². The summed E-state index contributed by atoms with van der Waals surface area (Å²) >= 11 is 0. The fourth-order valence-electron chi connectivity index (χ4n) is 4.23. The van der Waals surface area contributed by atoms with E-state index in [9.17, 15) is 17.6 Å². The fourth-order valence-corrected chi connectivity index (χ4v) is 4.86. The first kappa shape index (κ1) is 22.8. The molecule has 1 N–H and O–H groups in total. The number of aromatic nitrogens is 2. The monoisotopic (exact) mass is 492 g/mol. The molecule has 10 nitrogen and oxygen atoms in total. The van der Waals surface area contributed by atoms with E-state index in [1.807, 2.05) is 0 Å². The summed E-state index contributed by atoms with van der Waals surface area (Å²) in [5.74, 6) is -0.105. The van der Waals surface area contributed by atoms with Crippen LogP contribution in [0.2, 0.25) is 0 Å². The van der Waals surface area contributed by atoms with Gasteiger partial charge in [0.15, 0.2) is 9.84 Å². The highest BCUT2D eigenvalue weighted by molar-refractivity contribution is 7.90. The third-order valence-electron chi connectivity index (χ3n) is 6.21. The topological polar surface area (TPSA) is 120 Å². The molecule has 2 aliphatic heterocycles. The summed E-state index contributed by atoms with van der Waals surface area (Å²) in [6, 6.07) is 3.20. The minimum Gasteiger partial charge on any atom is -0.472 e. The maximum absolute atomic E-state index is 14.5. The number of ether oxygens (including phenoxy) is 3. The van der Waals surface area contributed by atoms with Crippen LogP contribution in [0.25, 0.3) is 0 Å². The Hall–Kier alpha value is -2.99. The normalized spacial score (nSPS) is 24.1. The smallest absolute Gasteiger partial charge is 0.410 e. The lowest BCUT2D eigenvalue weighted by atomic mass is 10.1. The number of nitrogens with zero attached hydrogens (tertiary/aromatic N) is 3. The summed E-state index contributed by atoms with van der Waals surface area (Å²) in [6.07, 6.45) is 4.04. The van der Waals surface area contributed by atoms with Gasteiger partial charge in [0.05, 0.1) is 41.4 Å². The van der Waals surface area contributed by atoms with Gasteiger partial charge in [-0.1, -0.05) is 0 Å². The standard InChI is InChI=1S/C22H25FN4O6S/c1-12-20(26-17-6-5-15(8-16(17)23)34(2,29)30)24-11-25-21(12)33-19-7-13-9-31-10-18(19)27(13)22(28)32-14-3-4-14/h5-6,8,11,13-14,18-19H,3-4,7,9-10H2,1-2H3,(H,24,25,26). The van der Waals surface area contributed by atoms with Crippen molar-refractivity contribution in [3.63, 3.8) is 0 Å². The van der Waals surface area contributed by atoms with Crippen LogP contribution in [0.4, 0.5) is 20.7 Å². The van der Waals surface area contributed by atoms with E-state index in [1.54, 1.807) is 11.8 Å². The number of anilines is 2. The van der Waals surface area contributed by atoms with Crippen molar-refractivity contribution in [1.82, 2.24) is 14.9 Å². The third-order valence-corrected chi connectivity index (χ3v) is 7.32. The lowest BCUT2D eigenvalue weighted by molar-refractivity contribution is -0.0280. The van der Waals surface area contributed by atoms with E-state index in [4.69, 9.17) is 14.2 Å². The Balaban J connectivity index is 1.33. The van der Waals surface area contributed by atoms with Gasteiger partial charge in [-0.15, -0.1) is 0 Å². The van der Waals surface area contributed by atoms with Gasteiger partial charge in [0, 0.05) is 12.7 Å². The lowest BCUT2D eigenvalue weighted by Gasteiger charge is -2.34. The molecule has 1 aliphatic carbocycles. The van der Waals surface area contributed by atoms with Crippen molar-refractivity contribution >= 4 is 27.4 Å². The molecule has 1 aromatic carbocycles. The molecule has 3 unspecified atom stereocenters. The first-order valence-corrected chi connectivity index (χ1v) is 12.9. The molecule has 2 saturated heterocycles. The molecular formula is C22H25FN4O6S. The van der Waals surface area contributed by atoms with E-state index < -0.39 is 15.7 Å². The molecule has 34 heavy (non-hydrogen) atoms. The Morgan fingerprint density at radius 1 is 1.26 bits per heavy atom. The number of carbonyl (C=O) groups excluding carboxylic acids is 1. The molecule has 2 bridgehead atoms. The highest BCUT2D eigenvalue weighted by atomic mass is 32.2. The highest BCUT2D eigenvalue weighted by Crippen LogP contribution is 2.36. The molecule has 3 atom stereocenters. The van der Waals surface area contributed by atoms with E-state index in [2.05, 4.69) is 15.3 Å². The maximum Gasteiger partial charge on any atom is 0.410 e. The number of hydrogen-bond donors (Lipinski definition) is 1. The van der Waals surface area contributed by atoms with Crippen LogP contribution in [0.1, 0.15) is 24.8 Å². The Morgan fingerprint density at radius 2 is 2.06 bits per heavy atom. The van der Waals surface area contributed by atoms with Crippen LogP contribution >= 0.6 is 0 Å². The average Bonchev–Trinajstić information content (AvgIpc) is 3.56. The molecule has 3 fully saturated rings. The second-order valence-corrected chi connectivity index (χ2v) is 10.8. The zero-order valence-electron chi connectivity index (χ0n) is 18.7. The molecule has 0 radical (unpaired) electrons. The zero-order valence-corrected chi connectivity index (χ0v) is 19.5. The molecule has 0 spiro atoms. The second-order valence-electron chi connectivity index (χ2n) is 8.83. The predicted octanol–water partition coefficient (Wildman–Crippen LogP) is 2.59. The summed E-state index contributed by atoms with van der Waals surface area (Å²) in [7, 11) is -3.53.